The van der Waals surface area contributed by atoms with Gasteiger partial charge in [0, 0.05) is 36.1 Å². The fourth-order valence-electron chi connectivity index (χ4n) is 4.24. The summed E-state index contributed by atoms with van der Waals surface area (Å²) >= 11 is 0. The van der Waals surface area contributed by atoms with Gasteiger partial charge in [-0.2, -0.15) is 0 Å². The smallest absolute Gasteiger partial charge is 0.153 e. The molecule has 2 atom stereocenters. The van der Waals surface area contributed by atoms with Crippen LogP contribution in [0.15, 0.2) is 67.0 Å². The lowest BCUT2D eigenvalue weighted by Gasteiger charge is -2.18. The van der Waals surface area contributed by atoms with Crippen LogP contribution in [0.2, 0.25) is 0 Å². The van der Waals surface area contributed by atoms with E-state index in [-0.39, 0.29) is 12.1 Å². The van der Waals surface area contributed by atoms with Gasteiger partial charge in [0.1, 0.15) is 11.6 Å². The number of nitrogens with two attached hydrogens (primary N) is 1. The Balaban J connectivity index is 1.29. The maximum atomic E-state index is 10.1. The van der Waals surface area contributed by atoms with Crippen LogP contribution in [0.4, 0.5) is 28.8 Å². The maximum absolute atomic E-state index is 10.1. The predicted octanol–water partition coefficient (Wildman–Crippen LogP) is 3.99. The summed E-state index contributed by atoms with van der Waals surface area (Å²) in [6.45, 7) is 0.581. The largest absolute Gasteiger partial charge is 0.391 e. The summed E-state index contributed by atoms with van der Waals surface area (Å²) in [5.74, 6) is 7.63. The van der Waals surface area contributed by atoms with Crippen molar-refractivity contribution in [2.45, 2.75) is 38.0 Å². The Kier molecular flexibility index (Phi) is 6.37. The number of anilines is 5. The highest BCUT2D eigenvalue weighted by Gasteiger charge is 2.24. The number of hydrazine groups is 1. The van der Waals surface area contributed by atoms with E-state index in [0.29, 0.717) is 29.7 Å². The lowest BCUT2D eigenvalue weighted by Crippen LogP contribution is -2.27. The number of fused-ring (bicyclic) bond motifs is 1. The number of benzene rings is 1. The average molecular weight is 457 g/mol. The van der Waals surface area contributed by atoms with Crippen molar-refractivity contribution in [3.05, 3.63) is 72.6 Å². The molecule has 0 saturated heterocycles. The minimum absolute atomic E-state index is 0.0741. The van der Waals surface area contributed by atoms with E-state index in [4.69, 9.17) is 5.84 Å². The van der Waals surface area contributed by atoms with E-state index in [1.165, 1.54) is 0 Å². The monoisotopic (exact) mass is 456 g/mol. The van der Waals surface area contributed by atoms with E-state index in [1.54, 1.807) is 12.4 Å². The van der Waals surface area contributed by atoms with Crippen LogP contribution < -0.4 is 27.2 Å². The van der Waals surface area contributed by atoms with Crippen molar-refractivity contribution in [2.75, 3.05) is 21.4 Å². The van der Waals surface area contributed by atoms with Crippen molar-refractivity contribution in [3.8, 4) is 0 Å². The molecule has 0 radical (unpaired) electrons. The highest BCUT2D eigenvalue weighted by molar-refractivity contribution is 5.79. The summed E-state index contributed by atoms with van der Waals surface area (Å²) in [4.78, 5) is 13.5. The molecular weight excluding hydrogens is 428 g/mol. The second-order valence-electron chi connectivity index (χ2n) is 8.42. The highest BCUT2D eigenvalue weighted by atomic mass is 16.3. The summed E-state index contributed by atoms with van der Waals surface area (Å²) in [5, 5.41) is 21.2. The van der Waals surface area contributed by atoms with Crippen molar-refractivity contribution < 1.29 is 5.11 Å². The van der Waals surface area contributed by atoms with E-state index < -0.39 is 0 Å². The molecule has 5 rings (SSSR count). The molecule has 1 fully saturated rings. The number of aliphatic hydroxyl groups excluding tert-OH is 1. The number of hydrogen-bond acceptors (Lipinski definition) is 9. The summed E-state index contributed by atoms with van der Waals surface area (Å²) < 4.78 is 0. The Morgan fingerprint density at radius 2 is 1.91 bits per heavy atom. The van der Waals surface area contributed by atoms with Gasteiger partial charge in [0.05, 0.1) is 23.3 Å². The van der Waals surface area contributed by atoms with Crippen LogP contribution in [0.1, 0.15) is 24.8 Å². The molecule has 0 unspecified atom stereocenters. The van der Waals surface area contributed by atoms with Gasteiger partial charge in [-0.15, -0.1) is 0 Å². The topological polar surface area (TPSA) is 133 Å². The quantitative estimate of drug-likeness (QED) is 0.172. The van der Waals surface area contributed by atoms with Gasteiger partial charge in [-0.3, -0.25) is 10.8 Å². The molecule has 0 aliphatic heterocycles. The third-order valence-electron chi connectivity index (χ3n) is 6.03. The Morgan fingerprint density at radius 3 is 2.76 bits per heavy atom. The minimum atomic E-state index is -0.310. The van der Waals surface area contributed by atoms with Gasteiger partial charge in [0.25, 0.3) is 0 Å². The lowest BCUT2D eigenvalue weighted by atomic mass is 10.1. The molecule has 9 heteroatoms. The first-order chi connectivity index (χ1) is 16.7. The molecule has 3 aromatic heterocycles. The van der Waals surface area contributed by atoms with Crippen molar-refractivity contribution in [3.63, 3.8) is 0 Å². The Bertz CT molecular complexity index is 1280. The SMILES string of the molecule is NNc1ccc(Nc2cc(N[C@@H]3CCC[C@H]3O)ccn2)nc1NCc1ccc2ncccc2c1. The predicted molar refractivity (Wildman–Crippen MR) is 136 cm³/mol. The van der Waals surface area contributed by atoms with Crippen LogP contribution in [0.3, 0.4) is 0 Å². The molecule has 3 heterocycles. The number of rotatable bonds is 8. The number of hydrogen-bond donors (Lipinski definition) is 6. The molecule has 9 nitrogen and oxygen atoms in total. The molecule has 1 aliphatic rings. The Hall–Kier alpha value is -3.95. The second kappa shape index (κ2) is 9.90. The summed E-state index contributed by atoms with van der Waals surface area (Å²) in [5.41, 5.74) is 6.36. The molecule has 0 spiro atoms. The first kappa shape index (κ1) is 21.9. The zero-order valence-corrected chi connectivity index (χ0v) is 18.7. The van der Waals surface area contributed by atoms with Crippen LogP contribution in [-0.2, 0) is 6.54 Å². The summed E-state index contributed by atoms with van der Waals surface area (Å²) in [7, 11) is 0. The fourth-order valence-corrected chi connectivity index (χ4v) is 4.24. The second-order valence-corrected chi connectivity index (χ2v) is 8.42. The van der Waals surface area contributed by atoms with E-state index in [2.05, 4.69) is 42.4 Å². The van der Waals surface area contributed by atoms with Gasteiger partial charge >= 0.3 is 0 Å². The van der Waals surface area contributed by atoms with E-state index in [9.17, 15) is 5.11 Å². The van der Waals surface area contributed by atoms with E-state index in [0.717, 1.165) is 41.4 Å². The van der Waals surface area contributed by atoms with Gasteiger partial charge in [0.15, 0.2) is 5.82 Å². The van der Waals surface area contributed by atoms with Crippen LogP contribution in [-0.4, -0.2) is 32.2 Å². The molecule has 0 bridgehead atoms. The number of aromatic nitrogens is 3. The lowest BCUT2D eigenvalue weighted by molar-refractivity contribution is 0.172. The van der Waals surface area contributed by atoms with Crippen LogP contribution in [0.25, 0.3) is 10.9 Å². The van der Waals surface area contributed by atoms with E-state index >= 15 is 0 Å². The molecule has 34 heavy (non-hydrogen) atoms. The molecule has 7 N–H and O–H groups in total. The zero-order chi connectivity index (χ0) is 23.3. The van der Waals surface area contributed by atoms with Gasteiger partial charge in [-0.05, 0) is 61.2 Å². The summed E-state index contributed by atoms with van der Waals surface area (Å²) in [6, 6.07) is 17.7. The molecular formula is C25H28N8O. The normalized spacial score (nSPS) is 17.5. The number of pyridine rings is 3. The van der Waals surface area contributed by atoms with E-state index in [1.807, 2.05) is 48.5 Å². The van der Waals surface area contributed by atoms with Gasteiger partial charge in [-0.1, -0.05) is 12.1 Å². The number of nitrogens with zero attached hydrogens (tertiary/aromatic N) is 3. The van der Waals surface area contributed by atoms with Crippen LogP contribution in [0.5, 0.6) is 0 Å². The molecule has 1 aromatic carbocycles. The van der Waals surface area contributed by atoms with Crippen LogP contribution >= 0.6 is 0 Å². The molecule has 174 valence electrons. The number of nitrogen functional groups attached to an aromatic ring is 1. The Labute approximate surface area is 197 Å². The standard InChI is InChI=1S/C25H28N8O/c26-33-21-8-9-23(31-24-14-18(10-12-28-24)30-20-4-1-5-22(20)34)32-25(21)29-15-16-6-7-19-17(13-16)3-2-11-27-19/h2-3,6-14,20,22,33-34H,1,4-5,15,26H2,(H3,28,29,30,31,32)/t20-,22-/m1/s1. The number of aliphatic hydroxyl groups is 1. The van der Waals surface area contributed by atoms with Gasteiger partial charge in [-0.25, -0.2) is 9.97 Å². The van der Waals surface area contributed by atoms with Gasteiger partial charge in [0.2, 0.25) is 0 Å². The molecule has 1 saturated carbocycles. The zero-order valence-electron chi connectivity index (χ0n) is 18.7. The third-order valence-corrected chi connectivity index (χ3v) is 6.03. The average Bonchev–Trinajstić information content (AvgIpc) is 3.27. The van der Waals surface area contributed by atoms with Crippen molar-refractivity contribution in [1.29, 1.82) is 0 Å². The molecule has 0 amide bonds. The highest BCUT2D eigenvalue weighted by Crippen LogP contribution is 2.26. The first-order valence-corrected chi connectivity index (χ1v) is 11.4. The third kappa shape index (κ3) is 5.00. The van der Waals surface area contributed by atoms with Crippen molar-refractivity contribution in [1.82, 2.24) is 15.0 Å². The van der Waals surface area contributed by atoms with Gasteiger partial charge < -0.3 is 26.5 Å². The summed E-state index contributed by atoms with van der Waals surface area (Å²) in [6.07, 6.45) is 6.05. The molecule has 4 aromatic rings. The minimum Gasteiger partial charge on any atom is -0.391 e. The fraction of sp³-hybridized carbons (Fsp3) is 0.240. The first-order valence-electron chi connectivity index (χ1n) is 11.4. The number of nitrogens with one attached hydrogen (secondary N) is 4. The Morgan fingerprint density at radius 1 is 0.971 bits per heavy atom. The maximum Gasteiger partial charge on any atom is 0.153 e. The van der Waals surface area contributed by atoms with Crippen molar-refractivity contribution >= 4 is 39.7 Å². The van der Waals surface area contributed by atoms with Crippen LogP contribution in [0, 0.1) is 0 Å². The van der Waals surface area contributed by atoms with Crippen molar-refractivity contribution in [2.24, 2.45) is 5.84 Å². The molecule has 1 aliphatic carbocycles.